The third-order valence-electron chi connectivity index (χ3n) is 4.16. The second-order valence-electron chi connectivity index (χ2n) is 6.14. The standard InChI is InChI=1S/C19H29N3S.2ClH/c1-3-5-9-22(10-6-4-2)12-15-13-23-14-18(15)17-11-16(20)7-8-19(17)21;;/h7-8,11,13-14H,3-6,9-10,12,20-21H2,1-2H3;2*1H. The van der Waals surface area contributed by atoms with Gasteiger partial charge in [-0.2, -0.15) is 11.3 Å². The monoisotopic (exact) mass is 403 g/mol. The van der Waals surface area contributed by atoms with Gasteiger partial charge >= 0.3 is 0 Å². The van der Waals surface area contributed by atoms with Gasteiger partial charge in [-0.1, -0.05) is 26.7 Å². The van der Waals surface area contributed by atoms with Gasteiger partial charge in [0.15, 0.2) is 0 Å². The smallest absolute Gasteiger partial charge is 0.0395 e. The van der Waals surface area contributed by atoms with E-state index in [1.807, 2.05) is 18.2 Å². The van der Waals surface area contributed by atoms with Crippen LogP contribution in [0.5, 0.6) is 0 Å². The second-order valence-corrected chi connectivity index (χ2v) is 6.88. The molecule has 0 radical (unpaired) electrons. The molecule has 0 atom stereocenters. The van der Waals surface area contributed by atoms with Gasteiger partial charge < -0.3 is 11.5 Å². The molecule has 0 saturated heterocycles. The molecule has 25 heavy (non-hydrogen) atoms. The molecule has 0 unspecified atom stereocenters. The van der Waals surface area contributed by atoms with E-state index in [0.717, 1.165) is 36.6 Å². The molecule has 2 aromatic rings. The number of unbranched alkanes of at least 4 members (excludes halogenated alkanes) is 2. The molecule has 0 amide bonds. The van der Waals surface area contributed by atoms with E-state index in [2.05, 4.69) is 29.5 Å². The van der Waals surface area contributed by atoms with Crippen molar-refractivity contribution < 1.29 is 0 Å². The molecule has 0 fully saturated rings. The molecule has 2 rings (SSSR count). The number of nitrogen functional groups attached to an aromatic ring is 2. The minimum absolute atomic E-state index is 0. The fourth-order valence-electron chi connectivity index (χ4n) is 2.76. The Morgan fingerprint density at radius 1 is 0.920 bits per heavy atom. The van der Waals surface area contributed by atoms with E-state index in [4.69, 9.17) is 11.5 Å². The maximum atomic E-state index is 6.18. The van der Waals surface area contributed by atoms with Gasteiger partial charge in [-0.25, -0.2) is 0 Å². The SMILES string of the molecule is CCCCN(CCCC)Cc1cscc1-c1cc(N)ccc1N.Cl.Cl. The van der Waals surface area contributed by atoms with Gasteiger partial charge in [0.25, 0.3) is 0 Å². The van der Waals surface area contributed by atoms with Crippen LogP contribution >= 0.6 is 36.2 Å². The van der Waals surface area contributed by atoms with Crippen LogP contribution < -0.4 is 11.5 Å². The molecule has 1 heterocycles. The van der Waals surface area contributed by atoms with Crippen molar-refractivity contribution in [2.24, 2.45) is 0 Å². The van der Waals surface area contributed by atoms with Crippen molar-refractivity contribution in [3.63, 3.8) is 0 Å². The number of rotatable bonds is 9. The Morgan fingerprint density at radius 3 is 2.16 bits per heavy atom. The summed E-state index contributed by atoms with van der Waals surface area (Å²) in [5, 5.41) is 4.45. The first-order valence-electron chi connectivity index (χ1n) is 8.58. The summed E-state index contributed by atoms with van der Waals surface area (Å²) in [4.78, 5) is 2.57. The first-order chi connectivity index (χ1) is 11.2. The lowest BCUT2D eigenvalue weighted by atomic mass is 10.0. The number of nitrogens with two attached hydrogens (primary N) is 2. The van der Waals surface area contributed by atoms with Crippen molar-refractivity contribution in [1.82, 2.24) is 4.90 Å². The molecule has 3 nitrogen and oxygen atoms in total. The van der Waals surface area contributed by atoms with E-state index in [9.17, 15) is 0 Å². The largest absolute Gasteiger partial charge is 0.399 e. The molecule has 1 aromatic carbocycles. The summed E-state index contributed by atoms with van der Waals surface area (Å²) in [7, 11) is 0. The fourth-order valence-corrected chi connectivity index (χ4v) is 3.61. The van der Waals surface area contributed by atoms with Crippen LogP contribution in [0.4, 0.5) is 11.4 Å². The highest BCUT2D eigenvalue weighted by Gasteiger charge is 2.13. The Balaban J connectivity index is 0.00000288. The fraction of sp³-hybridized carbons (Fsp3) is 0.474. The quantitative estimate of drug-likeness (QED) is 0.518. The van der Waals surface area contributed by atoms with Gasteiger partial charge in [0, 0.05) is 23.5 Å². The van der Waals surface area contributed by atoms with Crippen molar-refractivity contribution >= 4 is 47.5 Å². The molecule has 0 bridgehead atoms. The number of nitrogens with zero attached hydrogens (tertiary/aromatic N) is 1. The molecule has 0 aliphatic rings. The van der Waals surface area contributed by atoms with Crippen molar-refractivity contribution in [3.05, 3.63) is 34.5 Å². The summed E-state index contributed by atoms with van der Waals surface area (Å²) in [6, 6.07) is 5.75. The molecule has 1 aromatic heterocycles. The maximum Gasteiger partial charge on any atom is 0.0395 e. The average molecular weight is 404 g/mol. The molecular weight excluding hydrogens is 373 g/mol. The Hall–Kier alpha value is -0.940. The third-order valence-corrected chi connectivity index (χ3v) is 4.95. The van der Waals surface area contributed by atoms with Gasteiger partial charge in [0.05, 0.1) is 0 Å². The summed E-state index contributed by atoms with van der Waals surface area (Å²) in [5.74, 6) is 0. The zero-order valence-corrected chi connectivity index (χ0v) is 17.6. The summed E-state index contributed by atoms with van der Waals surface area (Å²) in [5.41, 5.74) is 17.3. The highest BCUT2D eigenvalue weighted by atomic mass is 35.5. The van der Waals surface area contributed by atoms with Crippen LogP contribution in [0.1, 0.15) is 45.1 Å². The van der Waals surface area contributed by atoms with E-state index >= 15 is 0 Å². The van der Waals surface area contributed by atoms with E-state index in [0.29, 0.717) is 0 Å². The summed E-state index contributed by atoms with van der Waals surface area (Å²) >= 11 is 1.74. The van der Waals surface area contributed by atoms with Crippen molar-refractivity contribution in [2.75, 3.05) is 24.6 Å². The van der Waals surface area contributed by atoms with Crippen LogP contribution in [0.25, 0.3) is 11.1 Å². The second kappa shape index (κ2) is 12.4. The third kappa shape index (κ3) is 7.06. The predicted octanol–water partition coefficient (Wildman–Crippen LogP) is 5.83. The zero-order valence-electron chi connectivity index (χ0n) is 15.2. The molecule has 142 valence electrons. The molecule has 0 saturated carbocycles. The van der Waals surface area contributed by atoms with Crippen molar-refractivity contribution in [3.8, 4) is 11.1 Å². The molecule has 6 heteroatoms. The van der Waals surface area contributed by atoms with Gasteiger partial charge in [-0.05, 0) is 66.0 Å². The first-order valence-corrected chi connectivity index (χ1v) is 9.52. The van der Waals surface area contributed by atoms with Crippen molar-refractivity contribution in [2.45, 2.75) is 46.1 Å². The Morgan fingerprint density at radius 2 is 1.56 bits per heavy atom. The van der Waals surface area contributed by atoms with Gasteiger partial charge in [-0.3, -0.25) is 4.90 Å². The van der Waals surface area contributed by atoms with E-state index < -0.39 is 0 Å². The lowest BCUT2D eigenvalue weighted by molar-refractivity contribution is 0.257. The van der Waals surface area contributed by atoms with Crippen molar-refractivity contribution in [1.29, 1.82) is 0 Å². The molecule has 4 N–H and O–H groups in total. The highest BCUT2D eigenvalue weighted by Crippen LogP contribution is 2.34. The van der Waals surface area contributed by atoms with Gasteiger partial charge in [0.1, 0.15) is 0 Å². The number of thiophene rings is 1. The highest BCUT2D eigenvalue weighted by molar-refractivity contribution is 7.08. The minimum atomic E-state index is 0. The molecule has 0 aliphatic heterocycles. The molecule has 0 spiro atoms. The number of hydrogen-bond donors (Lipinski definition) is 2. The number of halogens is 2. The average Bonchev–Trinajstić information content (AvgIpc) is 3.00. The van der Waals surface area contributed by atoms with Crippen LogP contribution in [-0.4, -0.2) is 18.0 Å². The number of anilines is 2. The Labute approximate surface area is 168 Å². The lowest BCUT2D eigenvalue weighted by Gasteiger charge is -2.22. The van der Waals surface area contributed by atoms with E-state index in [1.54, 1.807) is 11.3 Å². The normalized spacial score (nSPS) is 10.4. The summed E-state index contributed by atoms with van der Waals surface area (Å²) in [6.45, 7) is 7.83. The van der Waals surface area contributed by atoms with E-state index in [1.165, 1.54) is 36.8 Å². The van der Waals surface area contributed by atoms with E-state index in [-0.39, 0.29) is 24.8 Å². The summed E-state index contributed by atoms with van der Waals surface area (Å²) in [6.07, 6.45) is 4.98. The predicted molar refractivity (Wildman–Crippen MR) is 118 cm³/mol. The number of benzene rings is 1. The van der Waals surface area contributed by atoms with Gasteiger partial charge in [-0.15, -0.1) is 24.8 Å². The van der Waals surface area contributed by atoms with Crippen LogP contribution in [0, 0.1) is 0 Å². The number of hydrogen-bond acceptors (Lipinski definition) is 4. The topological polar surface area (TPSA) is 55.3 Å². The van der Waals surface area contributed by atoms with Crippen LogP contribution in [0.3, 0.4) is 0 Å². The minimum Gasteiger partial charge on any atom is -0.399 e. The maximum absolute atomic E-state index is 6.18. The van der Waals surface area contributed by atoms with Gasteiger partial charge in [0.2, 0.25) is 0 Å². The molecular formula is C19H31Cl2N3S. The lowest BCUT2D eigenvalue weighted by Crippen LogP contribution is -2.25. The zero-order chi connectivity index (χ0) is 16.7. The first kappa shape index (κ1) is 24.1. The Kier molecular flexibility index (Phi) is 12.0. The molecule has 0 aliphatic carbocycles. The van der Waals surface area contributed by atoms with Crippen LogP contribution in [-0.2, 0) is 6.54 Å². The van der Waals surface area contributed by atoms with Crippen LogP contribution in [0.2, 0.25) is 0 Å². The van der Waals surface area contributed by atoms with Crippen LogP contribution in [0.15, 0.2) is 29.0 Å². The Bertz CT molecular complexity index is 608. The summed E-state index contributed by atoms with van der Waals surface area (Å²) < 4.78 is 0.